The van der Waals surface area contributed by atoms with E-state index in [2.05, 4.69) is 5.10 Å². The molecule has 0 saturated carbocycles. The van der Waals surface area contributed by atoms with Gasteiger partial charge in [-0.15, -0.1) is 0 Å². The van der Waals surface area contributed by atoms with E-state index in [1.165, 1.54) is 4.68 Å². The number of rotatable bonds is 4. The Labute approximate surface area is 185 Å². The van der Waals surface area contributed by atoms with Crippen molar-refractivity contribution in [2.75, 3.05) is 18.6 Å². The molecule has 1 amide bonds. The van der Waals surface area contributed by atoms with E-state index in [4.69, 9.17) is 4.74 Å². The molecule has 160 valence electrons. The Morgan fingerprint density at radius 2 is 1.75 bits per heavy atom. The van der Waals surface area contributed by atoms with Gasteiger partial charge in [-0.3, -0.25) is 9.59 Å². The van der Waals surface area contributed by atoms with Crippen molar-refractivity contribution in [3.05, 3.63) is 100.0 Å². The Morgan fingerprint density at radius 1 is 1.00 bits per heavy atom. The van der Waals surface area contributed by atoms with Crippen LogP contribution in [0.1, 0.15) is 28.0 Å². The van der Waals surface area contributed by atoms with Gasteiger partial charge in [-0.2, -0.15) is 5.10 Å². The highest BCUT2D eigenvalue weighted by molar-refractivity contribution is 6.12. The highest BCUT2D eigenvalue weighted by Crippen LogP contribution is 2.32. The molecular weight excluding hydrogens is 402 g/mol. The molecule has 1 aliphatic rings. The van der Waals surface area contributed by atoms with Gasteiger partial charge in [0.15, 0.2) is 5.69 Å². The number of ether oxygens (including phenoxy) is 1. The summed E-state index contributed by atoms with van der Waals surface area (Å²) in [6.45, 7) is 0.907. The second-order valence-corrected chi connectivity index (χ2v) is 7.90. The number of methoxy groups -OCH3 is 1. The van der Waals surface area contributed by atoms with Gasteiger partial charge in [-0.05, 0) is 48.2 Å². The fourth-order valence-corrected chi connectivity index (χ4v) is 4.30. The molecule has 0 saturated heterocycles. The average Bonchev–Trinajstić information content (AvgIpc) is 2.85. The number of hydrogen-bond acceptors (Lipinski definition) is 4. The van der Waals surface area contributed by atoms with Gasteiger partial charge in [0, 0.05) is 17.6 Å². The van der Waals surface area contributed by atoms with Crippen molar-refractivity contribution in [1.29, 1.82) is 0 Å². The van der Waals surface area contributed by atoms with Crippen LogP contribution in [0.4, 0.5) is 5.69 Å². The highest BCUT2D eigenvalue weighted by Gasteiger charge is 2.27. The Hall–Kier alpha value is -3.93. The van der Waals surface area contributed by atoms with Gasteiger partial charge in [0.1, 0.15) is 5.75 Å². The largest absolute Gasteiger partial charge is 0.497 e. The fourth-order valence-electron chi connectivity index (χ4n) is 4.30. The molecule has 0 N–H and O–H groups in total. The molecule has 0 unspecified atom stereocenters. The minimum absolute atomic E-state index is 0.200. The summed E-state index contributed by atoms with van der Waals surface area (Å²) in [6.07, 6.45) is 1.74. The Balaban J connectivity index is 1.62. The molecule has 0 bridgehead atoms. The number of benzene rings is 3. The van der Waals surface area contributed by atoms with Crippen molar-refractivity contribution in [3.8, 4) is 5.75 Å². The Kier molecular flexibility index (Phi) is 5.19. The van der Waals surface area contributed by atoms with Crippen molar-refractivity contribution >= 4 is 22.4 Å². The van der Waals surface area contributed by atoms with E-state index in [1.807, 2.05) is 60.7 Å². The number of aryl methyl sites for hydroxylation is 1. The number of carbonyl (C=O) groups is 1. The maximum atomic E-state index is 13.8. The molecule has 4 aromatic rings. The van der Waals surface area contributed by atoms with Gasteiger partial charge in [0.2, 0.25) is 0 Å². The van der Waals surface area contributed by atoms with E-state index in [0.29, 0.717) is 29.6 Å². The van der Waals surface area contributed by atoms with Gasteiger partial charge in [0.25, 0.3) is 11.5 Å². The summed E-state index contributed by atoms with van der Waals surface area (Å²) in [7, 11) is 1.64. The van der Waals surface area contributed by atoms with Crippen LogP contribution >= 0.6 is 0 Å². The van der Waals surface area contributed by atoms with Gasteiger partial charge < -0.3 is 9.64 Å². The first-order chi connectivity index (χ1) is 15.7. The van der Waals surface area contributed by atoms with E-state index < -0.39 is 0 Å². The number of aromatic nitrogens is 2. The minimum Gasteiger partial charge on any atom is -0.497 e. The molecular formula is C26H23N3O3. The summed E-state index contributed by atoms with van der Waals surface area (Å²) >= 11 is 0. The van der Waals surface area contributed by atoms with Crippen LogP contribution in [0.15, 0.2) is 77.6 Å². The number of amides is 1. The standard InChI is InChI=1S/C26H23N3O3/c1-32-20-13-14-23-19(16-20)10-7-15-28(23)26(31)24-21-11-5-6-12-22(21)25(30)29(27-24)17-18-8-3-2-4-9-18/h2-6,8-9,11-14,16H,7,10,15,17H2,1H3. The maximum Gasteiger partial charge on any atom is 0.279 e. The lowest BCUT2D eigenvalue weighted by Gasteiger charge is -2.30. The van der Waals surface area contributed by atoms with Gasteiger partial charge in [-0.1, -0.05) is 48.5 Å². The predicted molar refractivity (Wildman–Crippen MR) is 125 cm³/mol. The number of hydrogen-bond donors (Lipinski definition) is 0. The number of carbonyl (C=O) groups excluding carboxylic acids is 1. The van der Waals surface area contributed by atoms with Crippen molar-refractivity contribution in [2.24, 2.45) is 0 Å². The van der Waals surface area contributed by atoms with Gasteiger partial charge >= 0.3 is 0 Å². The summed E-state index contributed by atoms with van der Waals surface area (Å²) in [6, 6.07) is 22.6. The summed E-state index contributed by atoms with van der Waals surface area (Å²) < 4.78 is 6.74. The third-order valence-corrected chi connectivity index (χ3v) is 5.90. The van der Waals surface area contributed by atoms with Crippen LogP contribution in [0.3, 0.4) is 0 Å². The fraction of sp³-hybridized carbons (Fsp3) is 0.192. The number of fused-ring (bicyclic) bond motifs is 2. The van der Waals surface area contributed by atoms with Gasteiger partial charge in [0.05, 0.1) is 19.0 Å². The van der Waals surface area contributed by atoms with E-state index in [9.17, 15) is 9.59 Å². The van der Waals surface area contributed by atoms with Crippen LogP contribution in [0.2, 0.25) is 0 Å². The highest BCUT2D eigenvalue weighted by atomic mass is 16.5. The van der Waals surface area contributed by atoms with Crippen LogP contribution in [-0.2, 0) is 13.0 Å². The van der Waals surface area contributed by atoms with E-state index in [-0.39, 0.29) is 11.5 Å². The first-order valence-corrected chi connectivity index (χ1v) is 10.7. The monoisotopic (exact) mass is 425 g/mol. The van der Waals surface area contributed by atoms with Crippen LogP contribution in [0.5, 0.6) is 5.75 Å². The molecule has 0 atom stereocenters. The van der Waals surface area contributed by atoms with E-state index in [1.54, 1.807) is 24.1 Å². The summed E-state index contributed by atoms with van der Waals surface area (Å²) in [5.41, 5.74) is 2.98. The molecule has 0 fully saturated rings. The lowest BCUT2D eigenvalue weighted by Crippen LogP contribution is -2.38. The molecule has 1 aliphatic heterocycles. The van der Waals surface area contributed by atoms with Crippen molar-refractivity contribution in [2.45, 2.75) is 19.4 Å². The molecule has 2 heterocycles. The summed E-state index contributed by atoms with van der Waals surface area (Å²) in [5, 5.41) is 5.64. The smallest absolute Gasteiger partial charge is 0.279 e. The molecule has 5 rings (SSSR count). The Morgan fingerprint density at radius 3 is 2.53 bits per heavy atom. The van der Waals surface area contributed by atoms with Crippen molar-refractivity contribution in [3.63, 3.8) is 0 Å². The first kappa shape index (κ1) is 20.0. The number of nitrogens with zero attached hydrogens (tertiary/aromatic N) is 3. The zero-order chi connectivity index (χ0) is 22.1. The summed E-state index contributed by atoms with van der Waals surface area (Å²) in [4.78, 5) is 28.6. The molecule has 6 nitrogen and oxygen atoms in total. The van der Waals surface area contributed by atoms with Crippen LogP contribution in [0, 0.1) is 0 Å². The predicted octanol–water partition coefficient (Wildman–Crippen LogP) is 4.05. The maximum absolute atomic E-state index is 13.8. The molecule has 6 heteroatoms. The van der Waals surface area contributed by atoms with E-state index in [0.717, 1.165) is 35.4 Å². The zero-order valence-corrected chi connectivity index (χ0v) is 17.8. The second kappa shape index (κ2) is 8.30. The van der Waals surface area contributed by atoms with Crippen LogP contribution < -0.4 is 15.2 Å². The van der Waals surface area contributed by atoms with Crippen molar-refractivity contribution in [1.82, 2.24) is 9.78 Å². The quantitative estimate of drug-likeness (QED) is 0.495. The Bertz CT molecular complexity index is 1360. The molecule has 0 radical (unpaired) electrons. The first-order valence-electron chi connectivity index (χ1n) is 10.7. The molecule has 3 aromatic carbocycles. The number of anilines is 1. The second-order valence-electron chi connectivity index (χ2n) is 7.90. The topological polar surface area (TPSA) is 64.4 Å². The van der Waals surface area contributed by atoms with Gasteiger partial charge in [-0.25, -0.2) is 4.68 Å². The SMILES string of the molecule is COc1ccc2c(c1)CCCN2C(=O)c1nn(Cc2ccccc2)c(=O)c2ccccc12. The molecule has 1 aromatic heterocycles. The van der Waals surface area contributed by atoms with E-state index >= 15 is 0 Å². The molecule has 0 aliphatic carbocycles. The molecule has 0 spiro atoms. The lowest BCUT2D eigenvalue weighted by atomic mass is 10.0. The average molecular weight is 425 g/mol. The minimum atomic E-state index is -0.204. The zero-order valence-electron chi connectivity index (χ0n) is 17.8. The van der Waals surface area contributed by atoms with Crippen LogP contribution in [-0.4, -0.2) is 29.3 Å². The van der Waals surface area contributed by atoms with Crippen LogP contribution in [0.25, 0.3) is 10.8 Å². The normalized spacial score (nSPS) is 13.1. The summed E-state index contributed by atoms with van der Waals surface area (Å²) in [5.74, 6) is 0.576. The van der Waals surface area contributed by atoms with Crippen molar-refractivity contribution < 1.29 is 9.53 Å². The third-order valence-electron chi connectivity index (χ3n) is 5.90. The lowest BCUT2D eigenvalue weighted by molar-refractivity contribution is 0.0980. The molecule has 32 heavy (non-hydrogen) atoms. The third kappa shape index (κ3) is 3.54.